The Morgan fingerprint density at radius 1 is 1.12 bits per heavy atom. The number of piperazine rings is 1. The van der Waals surface area contributed by atoms with Crippen molar-refractivity contribution in [2.75, 3.05) is 65.9 Å². The zero-order valence-corrected chi connectivity index (χ0v) is 21.1. The molecule has 1 fully saturated rings. The molecule has 0 radical (unpaired) electrons. The molecule has 1 aliphatic heterocycles. The number of hydrogen-bond acceptors (Lipinski definition) is 8. The highest BCUT2D eigenvalue weighted by Gasteiger charge is 2.22. The standard InChI is InChI=1S/C24H31N5O4S/c1-16-20-22(34-21(16)24(31)26(2)3)25-15-29(23(20)30)13-10-27-8-11-28(12-9-27)18-7-6-17(32-4)14-19(18)33-5/h6-7,14-15H,8-13H2,1-5H3. The summed E-state index contributed by atoms with van der Waals surface area (Å²) in [5.74, 6) is 1.48. The van der Waals surface area contributed by atoms with Crippen LogP contribution in [0.25, 0.3) is 10.2 Å². The number of amides is 1. The summed E-state index contributed by atoms with van der Waals surface area (Å²) in [5, 5.41) is 0.550. The Morgan fingerprint density at radius 3 is 2.50 bits per heavy atom. The Hall–Kier alpha value is -3.11. The highest BCUT2D eigenvalue weighted by atomic mass is 32.1. The third kappa shape index (κ3) is 4.60. The molecule has 0 atom stereocenters. The van der Waals surface area contributed by atoms with Crippen molar-refractivity contribution in [1.82, 2.24) is 19.4 Å². The van der Waals surface area contributed by atoms with Gasteiger partial charge >= 0.3 is 0 Å². The predicted molar refractivity (Wildman–Crippen MR) is 135 cm³/mol. The van der Waals surface area contributed by atoms with Gasteiger partial charge in [0.05, 0.1) is 36.5 Å². The first-order chi connectivity index (χ1) is 16.3. The van der Waals surface area contributed by atoms with Crippen molar-refractivity contribution in [1.29, 1.82) is 0 Å². The minimum atomic E-state index is -0.0992. The summed E-state index contributed by atoms with van der Waals surface area (Å²) in [6, 6.07) is 5.89. The van der Waals surface area contributed by atoms with E-state index >= 15 is 0 Å². The second-order valence-corrected chi connectivity index (χ2v) is 9.54. The van der Waals surface area contributed by atoms with Gasteiger partial charge in [-0.3, -0.25) is 19.1 Å². The van der Waals surface area contributed by atoms with Crippen LogP contribution in [0.15, 0.2) is 29.3 Å². The molecule has 2 aromatic heterocycles. The third-order valence-electron chi connectivity index (χ3n) is 6.27. The molecule has 10 heteroatoms. The lowest BCUT2D eigenvalue weighted by Gasteiger charge is -2.36. The van der Waals surface area contributed by atoms with Crippen molar-refractivity contribution >= 4 is 33.1 Å². The molecule has 34 heavy (non-hydrogen) atoms. The largest absolute Gasteiger partial charge is 0.497 e. The summed E-state index contributed by atoms with van der Waals surface area (Å²) < 4.78 is 12.5. The Kier molecular flexibility index (Phi) is 7.08. The molecular formula is C24H31N5O4S. The minimum absolute atomic E-state index is 0.0850. The van der Waals surface area contributed by atoms with E-state index in [1.807, 2.05) is 25.1 Å². The lowest BCUT2D eigenvalue weighted by molar-refractivity contribution is 0.0831. The van der Waals surface area contributed by atoms with E-state index in [4.69, 9.17) is 9.47 Å². The van der Waals surface area contributed by atoms with Gasteiger partial charge in [-0.05, 0) is 24.6 Å². The highest BCUT2D eigenvalue weighted by Crippen LogP contribution is 2.32. The number of thiophene rings is 1. The van der Waals surface area contributed by atoms with Gasteiger partial charge in [0.1, 0.15) is 16.3 Å². The van der Waals surface area contributed by atoms with Crippen LogP contribution in [-0.2, 0) is 6.54 Å². The molecule has 1 amide bonds. The first kappa shape index (κ1) is 24.0. The topological polar surface area (TPSA) is 80.1 Å². The van der Waals surface area contributed by atoms with Gasteiger partial charge in [-0.1, -0.05) is 0 Å². The van der Waals surface area contributed by atoms with Crippen molar-refractivity contribution < 1.29 is 14.3 Å². The SMILES string of the molecule is COc1ccc(N2CCN(CCn3cnc4sc(C(=O)N(C)C)c(C)c4c3=O)CC2)c(OC)c1. The van der Waals surface area contributed by atoms with Gasteiger partial charge in [-0.2, -0.15) is 0 Å². The highest BCUT2D eigenvalue weighted by molar-refractivity contribution is 7.20. The van der Waals surface area contributed by atoms with E-state index < -0.39 is 0 Å². The van der Waals surface area contributed by atoms with E-state index in [0.29, 0.717) is 27.2 Å². The second kappa shape index (κ2) is 10.0. The molecule has 9 nitrogen and oxygen atoms in total. The van der Waals surface area contributed by atoms with E-state index in [-0.39, 0.29) is 11.5 Å². The summed E-state index contributed by atoms with van der Waals surface area (Å²) in [6.45, 7) is 6.66. The summed E-state index contributed by atoms with van der Waals surface area (Å²) in [4.78, 5) is 37.4. The fourth-order valence-electron chi connectivity index (χ4n) is 4.23. The van der Waals surface area contributed by atoms with E-state index in [9.17, 15) is 9.59 Å². The zero-order valence-electron chi connectivity index (χ0n) is 20.3. The number of ether oxygens (including phenoxy) is 2. The number of fused-ring (bicyclic) bond motifs is 1. The molecule has 1 aliphatic rings. The van der Waals surface area contributed by atoms with Gasteiger partial charge in [0.2, 0.25) is 0 Å². The van der Waals surface area contributed by atoms with Crippen molar-refractivity contribution in [3.05, 3.63) is 45.3 Å². The lowest BCUT2D eigenvalue weighted by Crippen LogP contribution is -2.47. The van der Waals surface area contributed by atoms with Crippen LogP contribution < -0.4 is 19.9 Å². The molecular weight excluding hydrogens is 454 g/mol. The number of carbonyl (C=O) groups is 1. The van der Waals surface area contributed by atoms with Crippen LogP contribution in [0, 0.1) is 6.92 Å². The van der Waals surface area contributed by atoms with Crippen LogP contribution in [0.4, 0.5) is 5.69 Å². The number of aromatic nitrogens is 2. The Morgan fingerprint density at radius 2 is 1.85 bits per heavy atom. The summed E-state index contributed by atoms with van der Waals surface area (Å²) in [5.41, 5.74) is 1.69. The monoisotopic (exact) mass is 485 g/mol. The van der Waals surface area contributed by atoms with E-state index in [1.165, 1.54) is 16.2 Å². The number of carbonyl (C=O) groups excluding carboxylic acids is 1. The Balaban J connectivity index is 1.42. The molecule has 1 saturated heterocycles. The first-order valence-electron chi connectivity index (χ1n) is 11.2. The Labute approximate surface area is 203 Å². The van der Waals surface area contributed by atoms with E-state index in [1.54, 1.807) is 39.2 Å². The van der Waals surface area contributed by atoms with Crippen molar-refractivity contribution in [3.8, 4) is 11.5 Å². The van der Waals surface area contributed by atoms with Crippen LogP contribution in [0.2, 0.25) is 0 Å². The maximum Gasteiger partial charge on any atom is 0.263 e. The van der Waals surface area contributed by atoms with Crippen LogP contribution in [0.5, 0.6) is 11.5 Å². The van der Waals surface area contributed by atoms with Gasteiger partial charge in [-0.25, -0.2) is 4.98 Å². The molecule has 0 bridgehead atoms. The minimum Gasteiger partial charge on any atom is -0.497 e. The summed E-state index contributed by atoms with van der Waals surface area (Å²) >= 11 is 1.28. The first-order valence-corrected chi connectivity index (χ1v) is 12.0. The van der Waals surface area contributed by atoms with Crippen molar-refractivity contribution in [2.45, 2.75) is 13.5 Å². The zero-order chi connectivity index (χ0) is 24.4. The van der Waals surface area contributed by atoms with E-state index in [0.717, 1.165) is 49.9 Å². The fraction of sp³-hybridized carbons (Fsp3) is 0.458. The normalized spacial score (nSPS) is 14.4. The number of nitrogens with zero attached hydrogens (tertiary/aromatic N) is 5. The molecule has 3 aromatic rings. The lowest BCUT2D eigenvalue weighted by atomic mass is 10.2. The summed E-state index contributed by atoms with van der Waals surface area (Å²) in [7, 11) is 6.74. The Bertz CT molecular complexity index is 1240. The quantitative estimate of drug-likeness (QED) is 0.508. The van der Waals surface area contributed by atoms with Crippen LogP contribution in [0.1, 0.15) is 15.2 Å². The number of methoxy groups -OCH3 is 2. The van der Waals surface area contributed by atoms with Crippen molar-refractivity contribution in [3.63, 3.8) is 0 Å². The molecule has 0 spiro atoms. The van der Waals surface area contributed by atoms with Crippen molar-refractivity contribution in [2.24, 2.45) is 0 Å². The van der Waals surface area contributed by atoms with Crippen LogP contribution in [-0.4, -0.2) is 86.3 Å². The van der Waals surface area contributed by atoms with Crippen LogP contribution in [0.3, 0.4) is 0 Å². The number of anilines is 1. The number of benzene rings is 1. The van der Waals surface area contributed by atoms with Gasteiger partial charge in [-0.15, -0.1) is 11.3 Å². The molecule has 3 heterocycles. The van der Waals surface area contributed by atoms with Gasteiger partial charge in [0, 0.05) is 59.4 Å². The number of hydrogen-bond donors (Lipinski definition) is 0. The second-order valence-electron chi connectivity index (χ2n) is 8.55. The molecule has 182 valence electrons. The average Bonchev–Trinajstić information content (AvgIpc) is 3.19. The molecule has 0 aliphatic carbocycles. The number of rotatable bonds is 7. The molecule has 0 unspecified atom stereocenters. The summed E-state index contributed by atoms with van der Waals surface area (Å²) in [6.07, 6.45) is 1.60. The smallest absolute Gasteiger partial charge is 0.263 e. The number of aryl methyl sites for hydroxylation is 1. The van der Waals surface area contributed by atoms with Crippen LogP contribution >= 0.6 is 11.3 Å². The average molecular weight is 486 g/mol. The van der Waals surface area contributed by atoms with E-state index in [2.05, 4.69) is 14.8 Å². The predicted octanol–water partition coefficient (Wildman–Crippen LogP) is 2.31. The molecule has 4 rings (SSSR count). The fourth-order valence-corrected chi connectivity index (χ4v) is 5.39. The van der Waals surface area contributed by atoms with Gasteiger partial charge in [0.15, 0.2) is 0 Å². The molecule has 1 aromatic carbocycles. The maximum atomic E-state index is 13.1. The third-order valence-corrected chi connectivity index (χ3v) is 7.46. The maximum absolute atomic E-state index is 13.1. The van der Waals surface area contributed by atoms with Gasteiger partial charge < -0.3 is 19.3 Å². The molecule has 0 saturated carbocycles. The molecule has 0 N–H and O–H groups in total. The van der Waals surface area contributed by atoms with Gasteiger partial charge in [0.25, 0.3) is 11.5 Å².